The van der Waals surface area contributed by atoms with E-state index in [0.717, 1.165) is 5.56 Å². The highest BCUT2D eigenvalue weighted by molar-refractivity contribution is 6.35. The quantitative estimate of drug-likeness (QED) is 0.680. The first kappa shape index (κ1) is 14.8. The van der Waals surface area contributed by atoms with E-state index < -0.39 is 11.0 Å². The van der Waals surface area contributed by atoms with Gasteiger partial charge in [0.1, 0.15) is 0 Å². The van der Waals surface area contributed by atoms with E-state index in [-0.39, 0.29) is 5.69 Å². The molecule has 0 aromatic heterocycles. The number of nitrogens with zero attached hydrogens (tertiary/aromatic N) is 1. The Morgan fingerprint density at radius 2 is 1.80 bits per heavy atom. The van der Waals surface area contributed by atoms with Crippen molar-refractivity contribution in [3.05, 3.63) is 73.8 Å². The molecule has 104 valence electrons. The summed E-state index contributed by atoms with van der Waals surface area (Å²) in [5.74, 6) is 0. The van der Waals surface area contributed by atoms with E-state index in [1.165, 1.54) is 24.3 Å². The molecule has 0 bridgehead atoms. The summed E-state index contributed by atoms with van der Waals surface area (Å²) < 4.78 is 0. The lowest BCUT2D eigenvalue weighted by atomic mass is 10.0. The van der Waals surface area contributed by atoms with Gasteiger partial charge in [0.05, 0.1) is 11.0 Å². The van der Waals surface area contributed by atoms with Crippen molar-refractivity contribution < 1.29 is 10.0 Å². The second-order valence-corrected chi connectivity index (χ2v) is 5.15. The first-order chi connectivity index (χ1) is 9.47. The van der Waals surface area contributed by atoms with Gasteiger partial charge in [-0.25, -0.2) is 0 Å². The molecule has 1 unspecified atom stereocenters. The summed E-state index contributed by atoms with van der Waals surface area (Å²) in [6.45, 7) is 0. The number of rotatable bonds is 4. The number of hydrogen-bond donors (Lipinski definition) is 1. The average Bonchev–Trinajstić information content (AvgIpc) is 2.42. The molecule has 4 nitrogen and oxygen atoms in total. The third-order valence-electron chi connectivity index (χ3n) is 2.92. The summed E-state index contributed by atoms with van der Waals surface area (Å²) in [5, 5.41) is 21.7. The highest BCUT2D eigenvalue weighted by atomic mass is 35.5. The Balaban J connectivity index is 2.15. The molecule has 0 spiro atoms. The smallest absolute Gasteiger partial charge is 0.269 e. The van der Waals surface area contributed by atoms with Gasteiger partial charge in [0, 0.05) is 28.6 Å². The van der Waals surface area contributed by atoms with Gasteiger partial charge in [-0.1, -0.05) is 29.3 Å². The van der Waals surface area contributed by atoms with Gasteiger partial charge in [0.2, 0.25) is 0 Å². The molecular formula is C14H11Cl2NO3. The molecule has 0 saturated heterocycles. The minimum Gasteiger partial charge on any atom is -0.388 e. The topological polar surface area (TPSA) is 63.4 Å². The number of nitro benzene ring substituents is 1. The molecule has 1 N–H and O–H groups in total. The Morgan fingerprint density at radius 3 is 2.35 bits per heavy atom. The van der Waals surface area contributed by atoms with Gasteiger partial charge >= 0.3 is 0 Å². The van der Waals surface area contributed by atoms with Crippen LogP contribution < -0.4 is 0 Å². The molecule has 0 amide bonds. The minimum atomic E-state index is -0.783. The molecule has 0 radical (unpaired) electrons. The Bertz CT molecular complexity index is 629. The maximum atomic E-state index is 10.6. The van der Waals surface area contributed by atoms with Crippen LogP contribution in [-0.2, 0) is 6.42 Å². The van der Waals surface area contributed by atoms with E-state index in [9.17, 15) is 15.2 Å². The van der Waals surface area contributed by atoms with Gasteiger partial charge in [-0.05, 0) is 35.4 Å². The largest absolute Gasteiger partial charge is 0.388 e. The average molecular weight is 312 g/mol. The minimum absolute atomic E-state index is 0.00882. The number of aliphatic hydroxyl groups excluding tert-OH is 1. The fourth-order valence-corrected chi connectivity index (χ4v) is 2.32. The van der Waals surface area contributed by atoms with Crippen molar-refractivity contribution in [3.63, 3.8) is 0 Å². The van der Waals surface area contributed by atoms with E-state index in [1.54, 1.807) is 18.2 Å². The van der Waals surface area contributed by atoms with Crippen LogP contribution in [0.3, 0.4) is 0 Å². The molecule has 0 aliphatic rings. The highest BCUT2D eigenvalue weighted by Gasteiger charge is 2.13. The predicted octanol–water partition coefficient (Wildman–Crippen LogP) is 4.18. The van der Waals surface area contributed by atoms with Crippen LogP contribution in [0.5, 0.6) is 0 Å². The van der Waals surface area contributed by atoms with Gasteiger partial charge in [-0.3, -0.25) is 10.1 Å². The molecular weight excluding hydrogens is 301 g/mol. The lowest BCUT2D eigenvalue weighted by Crippen LogP contribution is -2.02. The summed E-state index contributed by atoms with van der Waals surface area (Å²) in [4.78, 5) is 10.1. The lowest BCUT2D eigenvalue weighted by Gasteiger charge is -2.12. The first-order valence-electron chi connectivity index (χ1n) is 5.83. The molecule has 1 atom stereocenters. The van der Waals surface area contributed by atoms with Crippen molar-refractivity contribution in [2.45, 2.75) is 12.5 Å². The van der Waals surface area contributed by atoms with Crippen LogP contribution in [0, 0.1) is 10.1 Å². The van der Waals surface area contributed by atoms with Gasteiger partial charge in [-0.15, -0.1) is 0 Å². The Morgan fingerprint density at radius 1 is 1.15 bits per heavy atom. The van der Waals surface area contributed by atoms with Crippen LogP contribution in [0.4, 0.5) is 5.69 Å². The Labute approximate surface area is 125 Å². The number of benzene rings is 2. The van der Waals surface area contributed by atoms with E-state index in [0.29, 0.717) is 22.0 Å². The fourth-order valence-electron chi connectivity index (χ4n) is 1.83. The van der Waals surface area contributed by atoms with Gasteiger partial charge in [-0.2, -0.15) is 0 Å². The van der Waals surface area contributed by atoms with Gasteiger partial charge < -0.3 is 5.11 Å². The maximum absolute atomic E-state index is 10.6. The molecule has 0 heterocycles. The molecule has 20 heavy (non-hydrogen) atoms. The van der Waals surface area contributed by atoms with Crippen LogP contribution in [0.2, 0.25) is 10.0 Å². The van der Waals surface area contributed by atoms with Crippen molar-refractivity contribution in [3.8, 4) is 0 Å². The number of aliphatic hydroxyl groups is 1. The SMILES string of the molecule is O=[N+]([O-])c1ccc(C(O)Cc2ccc(Cl)cc2Cl)cc1. The first-order valence-corrected chi connectivity index (χ1v) is 6.59. The molecule has 0 fully saturated rings. The lowest BCUT2D eigenvalue weighted by molar-refractivity contribution is -0.384. The van der Waals surface area contributed by atoms with Crippen molar-refractivity contribution in [2.24, 2.45) is 0 Å². The number of nitro groups is 1. The van der Waals surface area contributed by atoms with E-state index in [4.69, 9.17) is 23.2 Å². The zero-order chi connectivity index (χ0) is 14.7. The number of halogens is 2. The van der Waals surface area contributed by atoms with Crippen molar-refractivity contribution in [1.82, 2.24) is 0 Å². The fraction of sp³-hybridized carbons (Fsp3) is 0.143. The molecule has 0 aliphatic carbocycles. The molecule has 2 rings (SSSR count). The van der Waals surface area contributed by atoms with E-state index in [2.05, 4.69) is 0 Å². The third kappa shape index (κ3) is 3.48. The van der Waals surface area contributed by atoms with E-state index >= 15 is 0 Å². The third-order valence-corrected chi connectivity index (χ3v) is 3.50. The molecule has 6 heteroatoms. The number of non-ortho nitro benzene ring substituents is 1. The summed E-state index contributed by atoms with van der Waals surface area (Å²) >= 11 is 11.8. The van der Waals surface area contributed by atoms with E-state index in [1.807, 2.05) is 0 Å². The van der Waals surface area contributed by atoms with Crippen LogP contribution >= 0.6 is 23.2 Å². The zero-order valence-corrected chi connectivity index (χ0v) is 11.8. The van der Waals surface area contributed by atoms with Crippen molar-refractivity contribution in [1.29, 1.82) is 0 Å². The summed E-state index contributed by atoms with van der Waals surface area (Å²) in [7, 11) is 0. The Hall–Kier alpha value is -1.62. The van der Waals surface area contributed by atoms with Crippen LogP contribution in [0.25, 0.3) is 0 Å². The summed E-state index contributed by atoms with van der Waals surface area (Å²) in [6.07, 6.45) is -0.470. The molecule has 0 aliphatic heterocycles. The number of hydrogen-bond acceptors (Lipinski definition) is 3. The molecule has 0 saturated carbocycles. The summed E-state index contributed by atoms with van der Waals surface area (Å²) in [6, 6.07) is 10.9. The molecule has 2 aromatic carbocycles. The second kappa shape index (κ2) is 6.22. The Kier molecular flexibility index (Phi) is 4.60. The van der Waals surface area contributed by atoms with Crippen LogP contribution in [0.15, 0.2) is 42.5 Å². The normalized spacial score (nSPS) is 12.2. The molecule has 2 aromatic rings. The maximum Gasteiger partial charge on any atom is 0.269 e. The van der Waals surface area contributed by atoms with Crippen molar-refractivity contribution in [2.75, 3.05) is 0 Å². The predicted molar refractivity (Wildman–Crippen MR) is 78.2 cm³/mol. The summed E-state index contributed by atoms with van der Waals surface area (Å²) in [5.41, 5.74) is 1.36. The highest BCUT2D eigenvalue weighted by Crippen LogP contribution is 2.26. The van der Waals surface area contributed by atoms with Gasteiger partial charge in [0.25, 0.3) is 5.69 Å². The van der Waals surface area contributed by atoms with Gasteiger partial charge in [0.15, 0.2) is 0 Å². The zero-order valence-electron chi connectivity index (χ0n) is 10.3. The van der Waals surface area contributed by atoms with Crippen molar-refractivity contribution >= 4 is 28.9 Å². The van der Waals surface area contributed by atoms with Crippen LogP contribution in [0.1, 0.15) is 17.2 Å². The standard InChI is InChI=1S/C14H11Cl2NO3/c15-11-4-1-10(13(16)8-11)7-14(18)9-2-5-12(6-3-9)17(19)20/h1-6,8,14,18H,7H2. The second-order valence-electron chi connectivity index (χ2n) is 4.30. The van der Waals surface area contributed by atoms with Crippen LogP contribution in [-0.4, -0.2) is 10.0 Å². The monoisotopic (exact) mass is 311 g/mol.